The fourth-order valence-electron chi connectivity index (χ4n) is 3.38. The van der Waals surface area contributed by atoms with Crippen molar-refractivity contribution in [3.05, 3.63) is 51.4 Å². The van der Waals surface area contributed by atoms with Gasteiger partial charge in [-0.2, -0.15) is 0 Å². The third kappa shape index (κ3) is 8.04. The number of aromatic nitrogens is 4. The average Bonchev–Trinajstić information content (AvgIpc) is 3.60. The Morgan fingerprint density at radius 2 is 1.89 bits per heavy atom. The fourth-order valence-corrected chi connectivity index (χ4v) is 4.76. The lowest BCUT2D eigenvalue weighted by atomic mass is 10.1. The van der Waals surface area contributed by atoms with Crippen LogP contribution in [0.4, 0.5) is 5.13 Å². The van der Waals surface area contributed by atoms with E-state index in [1.807, 2.05) is 0 Å². The largest absolute Gasteiger partial charge is 0.477 e. The molecule has 1 fully saturated rings. The Bertz CT molecular complexity index is 1200. The lowest BCUT2D eigenvalue weighted by molar-refractivity contribution is 0.0702. The standard InChI is InChI=1S/C14H18N4O3S.C6H6Cl2N2O.C3H6O/c19-9-8-17-7-4-15-12(17)10-11(13(20)21)22-14(16-10)18-5-2-1-3-6-18;1-2-3(7)4(8)5(10-2)6(9)11;1-2-3-4/h4,7,19H,1-3,5-6,8-9H2,(H,20,21);10H,1H3,(H2,9,11);2,4H,1,3H2. The molecule has 0 unspecified atom stereocenters. The summed E-state index contributed by atoms with van der Waals surface area (Å²) >= 11 is 12.5. The van der Waals surface area contributed by atoms with Crippen LogP contribution < -0.4 is 10.6 Å². The number of aliphatic hydroxyl groups excluding tert-OH is 2. The molecule has 0 radical (unpaired) electrons. The first-order chi connectivity index (χ1) is 17.7. The SMILES string of the molecule is C=CCO.Cc1[nH]c(C(N)=O)c(Cl)c1Cl.O=C(O)c1sc(N2CCCCC2)nc1-c1nccn1CCO. The van der Waals surface area contributed by atoms with Crippen LogP contribution in [0.15, 0.2) is 25.0 Å². The number of piperidine rings is 1. The van der Waals surface area contributed by atoms with Crippen molar-refractivity contribution < 1.29 is 24.9 Å². The number of hydrogen-bond acceptors (Lipinski definition) is 8. The van der Waals surface area contributed by atoms with Crippen LogP contribution in [-0.4, -0.2) is 73.0 Å². The summed E-state index contributed by atoms with van der Waals surface area (Å²) in [4.78, 5) is 36.0. The van der Waals surface area contributed by atoms with E-state index in [9.17, 15) is 14.7 Å². The maximum absolute atomic E-state index is 11.5. The summed E-state index contributed by atoms with van der Waals surface area (Å²) in [5.41, 5.74) is 6.17. The monoisotopic (exact) mass is 572 g/mol. The second-order valence-electron chi connectivity index (χ2n) is 7.78. The quantitative estimate of drug-likeness (QED) is 0.267. The minimum atomic E-state index is -0.991. The second-order valence-corrected chi connectivity index (χ2v) is 9.52. The molecule has 6 N–H and O–H groups in total. The Kier molecular flexibility index (Phi) is 12.1. The van der Waals surface area contributed by atoms with Crippen molar-refractivity contribution in [1.82, 2.24) is 19.5 Å². The molecule has 3 aromatic rings. The number of carboxylic acids is 1. The number of H-pyrrole nitrogens is 1. The first-order valence-corrected chi connectivity index (χ1v) is 12.9. The highest BCUT2D eigenvalue weighted by atomic mass is 35.5. The van der Waals surface area contributed by atoms with Crippen LogP contribution in [0.25, 0.3) is 11.5 Å². The third-order valence-electron chi connectivity index (χ3n) is 5.13. The molecule has 0 saturated carbocycles. The van der Waals surface area contributed by atoms with E-state index in [0.717, 1.165) is 31.1 Å². The molecule has 14 heteroatoms. The number of aliphatic hydroxyl groups is 2. The van der Waals surface area contributed by atoms with Crippen molar-refractivity contribution in [2.75, 3.05) is 31.2 Å². The molecule has 4 heterocycles. The van der Waals surface area contributed by atoms with E-state index in [2.05, 4.69) is 26.4 Å². The number of primary amides is 1. The molecule has 0 spiro atoms. The number of nitrogens with two attached hydrogens (primary N) is 1. The first kappa shape index (κ1) is 30.3. The minimum Gasteiger partial charge on any atom is -0.477 e. The zero-order chi connectivity index (χ0) is 27.5. The highest BCUT2D eigenvalue weighted by Crippen LogP contribution is 2.33. The van der Waals surface area contributed by atoms with Gasteiger partial charge >= 0.3 is 5.97 Å². The summed E-state index contributed by atoms with van der Waals surface area (Å²) in [5, 5.41) is 27.6. The lowest BCUT2D eigenvalue weighted by Crippen LogP contribution is -2.29. The number of imidazole rings is 1. The van der Waals surface area contributed by atoms with Crippen molar-refractivity contribution in [1.29, 1.82) is 0 Å². The van der Waals surface area contributed by atoms with Gasteiger partial charge in [-0.25, -0.2) is 14.8 Å². The van der Waals surface area contributed by atoms with Crippen LogP contribution in [0, 0.1) is 6.92 Å². The van der Waals surface area contributed by atoms with Crippen molar-refractivity contribution in [2.24, 2.45) is 5.73 Å². The predicted molar refractivity (Wildman–Crippen MR) is 145 cm³/mol. The number of carbonyl (C=O) groups is 2. The molecule has 0 aliphatic carbocycles. The molecule has 202 valence electrons. The van der Waals surface area contributed by atoms with Gasteiger partial charge in [0, 0.05) is 37.7 Å². The van der Waals surface area contributed by atoms with E-state index in [4.69, 9.17) is 39.1 Å². The smallest absolute Gasteiger partial charge is 0.348 e. The van der Waals surface area contributed by atoms with E-state index in [1.165, 1.54) is 23.8 Å². The van der Waals surface area contributed by atoms with Gasteiger partial charge < -0.3 is 35.5 Å². The number of hydrogen-bond donors (Lipinski definition) is 5. The highest BCUT2D eigenvalue weighted by molar-refractivity contribution is 7.17. The summed E-state index contributed by atoms with van der Waals surface area (Å²) in [6.45, 7) is 7.18. The van der Waals surface area contributed by atoms with Crippen LogP contribution in [-0.2, 0) is 6.54 Å². The highest BCUT2D eigenvalue weighted by Gasteiger charge is 2.25. The summed E-state index contributed by atoms with van der Waals surface area (Å²) in [6.07, 6.45) is 8.17. The maximum atomic E-state index is 11.5. The van der Waals surface area contributed by atoms with E-state index in [0.29, 0.717) is 28.8 Å². The number of rotatable bonds is 7. The number of nitrogens with one attached hydrogen (secondary N) is 1. The molecule has 1 aliphatic rings. The van der Waals surface area contributed by atoms with Crippen LogP contribution in [0.5, 0.6) is 0 Å². The second kappa shape index (κ2) is 14.7. The number of carboxylic acid groups (broad SMARTS) is 1. The Hall–Kier alpha value is -2.90. The first-order valence-electron chi connectivity index (χ1n) is 11.3. The van der Waals surface area contributed by atoms with E-state index >= 15 is 0 Å². The third-order valence-corrected chi connectivity index (χ3v) is 7.19. The van der Waals surface area contributed by atoms with E-state index in [-0.39, 0.29) is 28.8 Å². The number of nitrogens with zero attached hydrogens (tertiary/aromatic N) is 4. The Morgan fingerprint density at radius 3 is 2.35 bits per heavy atom. The Morgan fingerprint density at radius 1 is 1.24 bits per heavy atom. The number of aromatic carboxylic acids is 1. The van der Waals surface area contributed by atoms with Gasteiger partial charge in [0.25, 0.3) is 5.91 Å². The van der Waals surface area contributed by atoms with E-state index < -0.39 is 11.9 Å². The number of thiazole rings is 1. The molecule has 4 rings (SSSR count). The van der Waals surface area contributed by atoms with Gasteiger partial charge in [0.1, 0.15) is 16.3 Å². The molecule has 37 heavy (non-hydrogen) atoms. The number of aryl methyl sites for hydroxylation is 1. The van der Waals surface area contributed by atoms with Crippen LogP contribution in [0.2, 0.25) is 10.0 Å². The van der Waals surface area contributed by atoms with Crippen LogP contribution in [0.1, 0.15) is 45.1 Å². The zero-order valence-electron chi connectivity index (χ0n) is 20.3. The van der Waals surface area contributed by atoms with Crippen LogP contribution >= 0.6 is 34.5 Å². The molecule has 1 aliphatic heterocycles. The Labute approximate surface area is 228 Å². The van der Waals surface area contributed by atoms with Crippen molar-refractivity contribution in [2.45, 2.75) is 32.7 Å². The molecule has 1 amide bonds. The van der Waals surface area contributed by atoms with Crippen molar-refractivity contribution in [3.8, 4) is 11.5 Å². The zero-order valence-corrected chi connectivity index (χ0v) is 22.6. The van der Waals surface area contributed by atoms with Crippen LogP contribution in [0.3, 0.4) is 0 Å². The van der Waals surface area contributed by atoms with E-state index in [1.54, 1.807) is 23.9 Å². The number of anilines is 1. The molecular formula is C23H30Cl2N6O5S. The predicted octanol–water partition coefficient (Wildman–Crippen LogP) is 3.58. The Balaban J connectivity index is 0.000000268. The molecule has 3 aromatic heterocycles. The van der Waals surface area contributed by atoms with Gasteiger partial charge in [-0.1, -0.05) is 40.6 Å². The molecule has 0 atom stereocenters. The maximum Gasteiger partial charge on any atom is 0.348 e. The lowest BCUT2D eigenvalue weighted by Gasteiger charge is -2.25. The normalized spacial score (nSPS) is 12.7. The van der Waals surface area contributed by atoms with Gasteiger partial charge in [0.05, 0.1) is 23.3 Å². The molecule has 11 nitrogen and oxygen atoms in total. The molecule has 1 saturated heterocycles. The number of amides is 1. The topological polar surface area (TPSA) is 171 Å². The van der Waals surface area contributed by atoms with Gasteiger partial charge in [-0.05, 0) is 26.2 Å². The number of carbonyl (C=O) groups excluding carboxylic acids is 1. The summed E-state index contributed by atoms with van der Waals surface area (Å²) in [7, 11) is 0. The number of halogens is 2. The summed E-state index contributed by atoms with van der Waals surface area (Å²) in [5.74, 6) is -1.11. The van der Waals surface area contributed by atoms with Crippen molar-refractivity contribution in [3.63, 3.8) is 0 Å². The summed E-state index contributed by atoms with van der Waals surface area (Å²) < 4.78 is 1.72. The fraction of sp³-hybridized carbons (Fsp3) is 0.391. The van der Waals surface area contributed by atoms with Gasteiger partial charge in [0.15, 0.2) is 11.0 Å². The molecule has 0 bridgehead atoms. The van der Waals surface area contributed by atoms with Gasteiger partial charge in [-0.15, -0.1) is 6.58 Å². The minimum absolute atomic E-state index is 0.0329. The average molecular weight is 574 g/mol. The summed E-state index contributed by atoms with van der Waals surface area (Å²) in [6, 6.07) is 0. The van der Waals surface area contributed by atoms with Gasteiger partial charge in [-0.3, -0.25) is 4.79 Å². The molecular weight excluding hydrogens is 543 g/mol. The van der Waals surface area contributed by atoms with Crippen molar-refractivity contribution >= 4 is 51.5 Å². The number of aromatic amines is 1. The molecule has 0 aromatic carbocycles. The van der Waals surface area contributed by atoms with Gasteiger partial charge in [0.2, 0.25) is 0 Å².